The number of ketones is 1. The van der Waals surface area contributed by atoms with Crippen molar-refractivity contribution in [3.8, 4) is 0 Å². The van der Waals surface area contributed by atoms with Gasteiger partial charge in [-0.05, 0) is 19.1 Å². The van der Waals surface area contributed by atoms with Gasteiger partial charge in [0.15, 0.2) is 6.10 Å². The van der Waals surface area contributed by atoms with Gasteiger partial charge in [-0.15, -0.1) is 0 Å². The topological polar surface area (TPSA) is 72.5 Å². The Balaban J connectivity index is 1.79. The third kappa shape index (κ3) is 5.72. The van der Waals surface area contributed by atoms with Crippen LogP contribution in [0.5, 0.6) is 0 Å². The number of anilines is 1. The van der Waals surface area contributed by atoms with Crippen molar-refractivity contribution in [3.63, 3.8) is 0 Å². The number of esters is 1. The van der Waals surface area contributed by atoms with Crippen LogP contribution in [-0.4, -0.2) is 23.8 Å². The molecule has 2 rings (SSSR count). The van der Waals surface area contributed by atoms with Gasteiger partial charge in [0.05, 0.1) is 17.1 Å². The first-order valence-electron chi connectivity index (χ1n) is 7.80. The normalized spacial score (nSPS) is 11.4. The molecule has 0 spiro atoms. The molecule has 6 heteroatoms. The van der Waals surface area contributed by atoms with Gasteiger partial charge in [0.2, 0.25) is 11.7 Å². The summed E-state index contributed by atoms with van der Waals surface area (Å²) in [6, 6.07) is 15.4. The van der Waals surface area contributed by atoms with Crippen LogP contribution in [0.2, 0.25) is 5.02 Å². The molecular weight excluding hydrogens is 342 g/mol. The monoisotopic (exact) mass is 359 g/mol. The Morgan fingerprint density at radius 2 is 1.64 bits per heavy atom. The Bertz CT molecular complexity index is 761. The lowest BCUT2D eigenvalue weighted by Gasteiger charge is -2.12. The van der Waals surface area contributed by atoms with E-state index < -0.39 is 12.1 Å². The third-order valence-electron chi connectivity index (χ3n) is 3.44. The maximum Gasteiger partial charge on any atom is 0.307 e. The Labute approximate surface area is 150 Å². The van der Waals surface area contributed by atoms with E-state index in [2.05, 4.69) is 5.32 Å². The van der Waals surface area contributed by atoms with Crippen LogP contribution < -0.4 is 5.32 Å². The number of para-hydroxylation sites is 1. The van der Waals surface area contributed by atoms with Crippen molar-refractivity contribution < 1.29 is 19.1 Å². The number of ether oxygens (including phenoxy) is 1. The highest BCUT2D eigenvalue weighted by Crippen LogP contribution is 2.20. The molecule has 25 heavy (non-hydrogen) atoms. The Morgan fingerprint density at radius 3 is 2.32 bits per heavy atom. The number of Topliss-reactive ketones (excluding diaryl/α,β-unsaturated/α-hetero) is 1. The number of rotatable bonds is 7. The molecule has 0 saturated carbocycles. The number of hydrogen-bond donors (Lipinski definition) is 1. The number of carbonyl (C=O) groups is 3. The zero-order valence-corrected chi connectivity index (χ0v) is 14.5. The largest absolute Gasteiger partial charge is 0.454 e. The van der Waals surface area contributed by atoms with Gasteiger partial charge in [-0.2, -0.15) is 0 Å². The van der Waals surface area contributed by atoms with Gasteiger partial charge in [0, 0.05) is 12.0 Å². The van der Waals surface area contributed by atoms with Crippen molar-refractivity contribution >= 4 is 34.9 Å². The summed E-state index contributed by atoms with van der Waals surface area (Å²) >= 11 is 5.95. The highest BCUT2D eigenvalue weighted by atomic mass is 35.5. The number of amides is 1. The minimum atomic E-state index is -0.901. The average Bonchev–Trinajstić information content (AvgIpc) is 2.62. The Morgan fingerprint density at radius 1 is 1.00 bits per heavy atom. The van der Waals surface area contributed by atoms with Gasteiger partial charge in [0.1, 0.15) is 0 Å². The summed E-state index contributed by atoms with van der Waals surface area (Å²) < 4.78 is 5.10. The summed E-state index contributed by atoms with van der Waals surface area (Å²) in [4.78, 5) is 35.8. The molecule has 2 aromatic rings. The van der Waals surface area contributed by atoms with Gasteiger partial charge >= 0.3 is 5.97 Å². The van der Waals surface area contributed by atoms with E-state index in [9.17, 15) is 14.4 Å². The van der Waals surface area contributed by atoms with Gasteiger partial charge in [0.25, 0.3) is 0 Å². The van der Waals surface area contributed by atoms with E-state index in [4.69, 9.17) is 16.3 Å². The van der Waals surface area contributed by atoms with Crippen LogP contribution in [-0.2, 0) is 14.3 Å². The van der Waals surface area contributed by atoms with Crippen LogP contribution in [0.15, 0.2) is 54.6 Å². The molecule has 0 bridgehead atoms. The van der Waals surface area contributed by atoms with Crippen molar-refractivity contribution in [2.45, 2.75) is 25.9 Å². The van der Waals surface area contributed by atoms with Crippen molar-refractivity contribution in [3.05, 3.63) is 65.2 Å². The number of halogens is 1. The lowest BCUT2D eigenvalue weighted by molar-refractivity contribution is -0.147. The smallest absolute Gasteiger partial charge is 0.307 e. The molecule has 0 saturated heterocycles. The van der Waals surface area contributed by atoms with Crippen LogP contribution in [0.4, 0.5) is 5.69 Å². The molecular formula is C19H18ClNO4. The fraction of sp³-hybridized carbons (Fsp3) is 0.211. The molecule has 0 radical (unpaired) electrons. The molecule has 1 N–H and O–H groups in total. The van der Waals surface area contributed by atoms with E-state index in [0.29, 0.717) is 16.3 Å². The lowest BCUT2D eigenvalue weighted by Crippen LogP contribution is -2.25. The first-order valence-corrected chi connectivity index (χ1v) is 8.18. The van der Waals surface area contributed by atoms with Crippen LogP contribution in [0.25, 0.3) is 0 Å². The molecule has 1 atom stereocenters. The molecule has 0 aliphatic carbocycles. The highest BCUT2D eigenvalue weighted by Gasteiger charge is 2.19. The van der Waals surface area contributed by atoms with Crippen LogP contribution in [0.1, 0.15) is 30.1 Å². The first kappa shape index (κ1) is 18.7. The van der Waals surface area contributed by atoms with Gasteiger partial charge < -0.3 is 10.1 Å². The average molecular weight is 360 g/mol. The minimum absolute atomic E-state index is 0.0592. The quantitative estimate of drug-likeness (QED) is 0.601. The van der Waals surface area contributed by atoms with E-state index in [1.54, 1.807) is 54.6 Å². The second kappa shape index (κ2) is 8.99. The zero-order chi connectivity index (χ0) is 18.2. The first-order chi connectivity index (χ1) is 12.0. The van der Waals surface area contributed by atoms with Gasteiger partial charge in [-0.3, -0.25) is 14.4 Å². The van der Waals surface area contributed by atoms with E-state index >= 15 is 0 Å². The molecule has 0 unspecified atom stereocenters. The Hall–Kier alpha value is -2.66. The molecule has 1 amide bonds. The van der Waals surface area contributed by atoms with Crippen LogP contribution in [0, 0.1) is 0 Å². The summed E-state index contributed by atoms with van der Waals surface area (Å²) in [5, 5.41) is 3.04. The van der Waals surface area contributed by atoms with Crippen molar-refractivity contribution in [1.29, 1.82) is 0 Å². The maximum atomic E-state index is 12.1. The molecule has 2 aromatic carbocycles. The maximum absolute atomic E-state index is 12.1. The molecule has 0 aromatic heterocycles. The second-order valence-corrected chi connectivity index (χ2v) is 5.80. The van der Waals surface area contributed by atoms with E-state index in [1.165, 1.54) is 6.92 Å². The van der Waals surface area contributed by atoms with E-state index in [0.717, 1.165) is 0 Å². The lowest BCUT2D eigenvalue weighted by atomic mass is 10.1. The van der Waals surface area contributed by atoms with Gasteiger partial charge in [-0.25, -0.2) is 0 Å². The van der Waals surface area contributed by atoms with E-state index in [1.807, 2.05) is 0 Å². The number of nitrogens with one attached hydrogen (secondary N) is 1. The molecule has 0 heterocycles. The fourth-order valence-corrected chi connectivity index (χ4v) is 2.32. The van der Waals surface area contributed by atoms with Crippen molar-refractivity contribution in [2.75, 3.05) is 5.32 Å². The van der Waals surface area contributed by atoms with Crippen LogP contribution >= 0.6 is 11.6 Å². The van der Waals surface area contributed by atoms with Crippen molar-refractivity contribution in [2.24, 2.45) is 0 Å². The summed E-state index contributed by atoms with van der Waals surface area (Å²) in [5.74, 6) is -1.24. The molecule has 0 aliphatic heterocycles. The van der Waals surface area contributed by atoms with Crippen molar-refractivity contribution in [1.82, 2.24) is 0 Å². The third-order valence-corrected chi connectivity index (χ3v) is 3.77. The number of hydrogen-bond acceptors (Lipinski definition) is 4. The zero-order valence-electron chi connectivity index (χ0n) is 13.7. The van der Waals surface area contributed by atoms with Crippen LogP contribution in [0.3, 0.4) is 0 Å². The minimum Gasteiger partial charge on any atom is -0.454 e. The predicted molar refractivity (Wildman–Crippen MR) is 95.6 cm³/mol. The van der Waals surface area contributed by atoms with E-state index in [-0.39, 0.29) is 24.5 Å². The molecule has 0 fully saturated rings. The predicted octanol–water partition coefficient (Wildman–Crippen LogP) is 3.87. The molecule has 5 nitrogen and oxygen atoms in total. The SMILES string of the molecule is C[C@@H](OC(=O)CCC(=O)Nc1ccccc1Cl)C(=O)c1ccccc1. The summed E-state index contributed by atoms with van der Waals surface area (Å²) in [7, 11) is 0. The fourth-order valence-electron chi connectivity index (χ4n) is 2.14. The van der Waals surface area contributed by atoms with Gasteiger partial charge in [-0.1, -0.05) is 54.1 Å². The molecule has 0 aliphatic rings. The summed E-state index contributed by atoms with van der Waals surface area (Å²) in [6.45, 7) is 1.51. The summed E-state index contributed by atoms with van der Waals surface area (Å²) in [5.41, 5.74) is 0.953. The number of benzene rings is 2. The number of carbonyl (C=O) groups excluding carboxylic acids is 3. The Kier molecular flexibility index (Phi) is 6.71. The summed E-state index contributed by atoms with van der Waals surface area (Å²) in [6.07, 6.45) is -1.08. The second-order valence-electron chi connectivity index (χ2n) is 5.39. The standard InChI is InChI=1S/C19H18ClNO4/c1-13(19(24)14-7-3-2-4-8-14)25-18(23)12-11-17(22)21-16-10-6-5-9-15(16)20/h2-10,13H,11-12H2,1H3,(H,21,22)/t13-/m1/s1. The molecule has 130 valence electrons. The highest BCUT2D eigenvalue weighted by molar-refractivity contribution is 6.33.